The van der Waals surface area contributed by atoms with Crippen LogP contribution in [0.1, 0.15) is 16.8 Å². The predicted molar refractivity (Wildman–Crippen MR) is 90.4 cm³/mol. The van der Waals surface area contributed by atoms with Crippen LogP contribution in [-0.4, -0.2) is 59.6 Å². The lowest BCUT2D eigenvalue weighted by atomic mass is 9.84. The summed E-state index contributed by atoms with van der Waals surface area (Å²) in [5, 5.41) is 11.6. The van der Waals surface area contributed by atoms with E-state index in [1.54, 1.807) is 0 Å². The number of carbonyl (C=O) groups is 1. The van der Waals surface area contributed by atoms with Gasteiger partial charge in [-0.05, 0) is 42.3 Å². The number of hydrogen-bond acceptors (Lipinski definition) is 3. The minimum Gasteiger partial charge on any atom is -0.396 e. The normalized spacial score (nSPS) is 23.4. The fourth-order valence-corrected chi connectivity index (χ4v) is 4.14. The molecule has 4 rings (SSSR count). The Hall–Kier alpha value is -1.91. The molecule has 120 valence electrons. The lowest BCUT2D eigenvalue weighted by Crippen LogP contribution is -2.68. The summed E-state index contributed by atoms with van der Waals surface area (Å²) < 4.78 is 0. The third kappa shape index (κ3) is 2.33. The van der Waals surface area contributed by atoms with Crippen LogP contribution >= 0.6 is 0 Å². The van der Waals surface area contributed by atoms with Crippen molar-refractivity contribution in [3.05, 3.63) is 48.0 Å². The molecule has 1 unspecified atom stereocenters. The molecule has 1 atom stereocenters. The van der Waals surface area contributed by atoms with Gasteiger partial charge in [0.15, 0.2) is 0 Å². The summed E-state index contributed by atoms with van der Waals surface area (Å²) >= 11 is 0. The van der Waals surface area contributed by atoms with Gasteiger partial charge in [-0.3, -0.25) is 9.69 Å². The molecule has 0 bridgehead atoms. The van der Waals surface area contributed by atoms with E-state index in [0.717, 1.165) is 42.4 Å². The molecule has 2 aliphatic heterocycles. The predicted octanol–water partition coefficient (Wildman–Crippen LogP) is 1.98. The molecule has 0 aromatic heterocycles. The van der Waals surface area contributed by atoms with Gasteiger partial charge in [0.2, 0.25) is 0 Å². The number of likely N-dealkylation sites (tertiary alicyclic amines) is 2. The maximum atomic E-state index is 12.7. The van der Waals surface area contributed by atoms with E-state index in [-0.39, 0.29) is 18.1 Å². The van der Waals surface area contributed by atoms with E-state index in [4.69, 9.17) is 0 Å². The number of nitrogens with zero attached hydrogens (tertiary/aromatic N) is 2. The maximum Gasteiger partial charge on any atom is 0.254 e. The van der Waals surface area contributed by atoms with Crippen LogP contribution in [-0.2, 0) is 0 Å². The van der Waals surface area contributed by atoms with E-state index < -0.39 is 0 Å². The summed E-state index contributed by atoms with van der Waals surface area (Å²) in [7, 11) is 2.10. The summed E-state index contributed by atoms with van der Waals surface area (Å²) in [6, 6.07) is 14.0. The number of aliphatic hydroxyl groups is 1. The van der Waals surface area contributed by atoms with Gasteiger partial charge < -0.3 is 10.0 Å². The standard InChI is InChI=1S/C19H22N2O2/c1-20-10-14(11-22)9-19(20)12-21(13-19)18(23)17-7-6-15-4-2-3-5-16(15)8-17/h2-8,14,22H,9-13H2,1H3. The fraction of sp³-hybridized carbons (Fsp3) is 0.421. The fourth-order valence-electron chi connectivity index (χ4n) is 4.14. The lowest BCUT2D eigenvalue weighted by molar-refractivity contribution is -0.00773. The second-order valence-corrected chi connectivity index (χ2v) is 7.08. The highest BCUT2D eigenvalue weighted by Crippen LogP contribution is 2.39. The zero-order chi connectivity index (χ0) is 16.0. The average Bonchev–Trinajstić information content (AvgIpc) is 2.89. The topological polar surface area (TPSA) is 43.8 Å². The van der Waals surface area contributed by atoms with Crippen LogP contribution in [0.5, 0.6) is 0 Å². The first-order valence-electron chi connectivity index (χ1n) is 8.21. The average molecular weight is 310 g/mol. The number of fused-ring (bicyclic) bond motifs is 1. The van der Waals surface area contributed by atoms with Gasteiger partial charge in [-0.2, -0.15) is 0 Å². The molecule has 2 fully saturated rings. The van der Waals surface area contributed by atoms with Crippen molar-refractivity contribution < 1.29 is 9.90 Å². The van der Waals surface area contributed by atoms with Gasteiger partial charge in [0.05, 0.1) is 5.54 Å². The highest BCUT2D eigenvalue weighted by molar-refractivity contribution is 5.99. The Labute approximate surface area is 136 Å². The smallest absolute Gasteiger partial charge is 0.254 e. The summed E-state index contributed by atoms with van der Waals surface area (Å²) in [5.41, 5.74) is 0.845. The minimum atomic E-state index is 0.0832. The lowest BCUT2D eigenvalue weighted by Gasteiger charge is -2.52. The molecule has 2 aromatic rings. The van der Waals surface area contributed by atoms with E-state index >= 15 is 0 Å². The molecule has 2 heterocycles. The highest BCUT2D eigenvalue weighted by atomic mass is 16.3. The first kappa shape index (κ1) is 14.7. The molecule has 4 heteroatoms. The van der Waals surface area contributed by atoms with Crippen molar-refractivity contribution in [3.63, 3.8) is 0 Å². The first-order valence-corrected chi connectivity index (χ1v) is 8.21. The molecule has 23 heavy (non-hydrogen) atoms. The van der Waals surface area contributed by atoms with Crippen molar-refractivity contribution in [2.75, 3.05) is 33.3 Å². The van der Waals surface area contributed by atoms with Crippen molar-refractivity contribution in [1.82, 2.24) is 9.80 Å². The third-order valence-electron chi connectivity index (χ3n) is 5.52. The number of hydrogen-bond donors (Lipinski definition) is 1. The van der Waals surface area contributed by atoms with Crippen LogP contribution in [0, 0.1) is 5.92 Å². The second-order valence-electron chi connectivity index (χ2n) is 7.08. The minimum absolute atomic E-state index is 0.0832. The number of benzene rings is 2. The molecular formula is C19H22N2O2. The van der Waals surface area contributed by atoms with Crippen LogP contribution < -0.4 is 0 Å². The third-order valence-corrected chi connectivity index (χ3v) is 5.52. The van der Waals surface area contributed by atoms with Gasteiger partial charge in [-0.15, -0.1) is 0 Å². The van der Waals surface area contributed by atoms with Crippen LogP contribution in [0.25, 0.3) is 10.8 Å². The number of carbonyl (C=O) groups excluding carboxylic acids is 1. The Kier molecular flexibility index (Phi) is 3.39. The van der Waals surface area contributed by atoms with Crippen molar-refractivity contribution in [2.24, 2.45) is 5.92 Å². The molecule has 0 radical (unpaired) electrons. The zero-order valence-electron chi connectivity index (χ0n) is 13.4. The van der Waals surface area contributed by atoms with Gasteiger partial charge in [0.25, 0.3) is 5.91 Å². The summed E-state index contributed by atoms with van der Waals surface area (Å²) in [5.74, 6) is 0.458. The van der Waals surface area contributed by atoms with E-state index in [9.17, 15) is 9.90 Å². The zero-order valence-corrected chi connectivity index (χ0v) is 13.4. The van der Waals surface area contributed by atoms with Crippen molar-refractivity contribution in [3.8, 4) is 0 Å². The Morgan fingerprint density at radius 3 is 2.65 bits per heavy atom. The van der Waals surface area contributed by atoms with Crippen LogP contribution in [0.2, 0.25) is 0 Å². The van der Waals surface area contributed by atoms with Gasteiger partial charge in [0.1, 0.15) is 0 Å². The van der Waals surface area contributed by atoms with Gasteiger partial charge >= 0.3 is 0 Å². The second kappa shape index (κ2) is 5.32. The molecule has 1 spiro atoms. The summed E-state index contributed by atoms with van der Waals surface area (Å²) in [6.45, 7) is 2.70. The van der Waals surface area contributed by atoms with Crippen molar-refractivity contribution in [1.29, 1.82) is 0 Å². The molecule has 0 aliphatic carbocycles. The molecule has 0 saturated carbocycles. The van der Waals surface area contributed by atoms with Gasteiger partial charge in [-0.25, -0.2) is 0 Å². The van der Waals surface area contributed by atoms with E-state index in [1.165, 1.54) is 0 Å². The highest BCUT2D eigenvalue weighted by Gasteiger charge is 2.52. The van der Waals surface area contributed by atoms with Crippen molar-refractivity contribution in [2.45, 2.75) is 12.0 Å². The Balaban J connectivity index is 1.50. The molecule has 1 N–H and O–H groups in total. The largest absolute Gasteiger partial charge is 0.396 e. The molecule has 2 saturated heterocycles. The summed E-state index contributed by atoms with van der Waals surface area (Å²) in [6.07, 6.45) is 0.988. The van der Waals surface area contributed by atoms with E-state index in [1.807, 2.05) is 41.3 Å². The Morgan fingerprint density at radius 1 is 1.22 bits per heavy atom. The molecule has 2 aromatic carbocycles. The molecule has 4 nitrogen and oxygen atoms in total. The number of rotatable bonds is 2. The number of likely N-dealkylation sites (N-methyl/N-ethyl adjacent to an activating group) is 1. The molecule has 2 aliphatic rings. The maximum absolute atomic E-state index is 12.7. The Bertz CT molecular complexity index is 752. The quantitative estimate of drug-likeness (QED) is 0.922. The monoisotopic (exact) mass is 310 g/mol. The first-order chi connectivity index (χ1) is 11.1. The van der Waals surface area contributed by atoms with Gasteiger partial charge in [0, 0.05) is 31.8 Å². The molecular weight excluding hydrogens is 288 g/mol. The van der Waals surface area contributed by atoms with Crippen LogP contribution in [0.15, 0.2) is 42.5 Å². The number of amides is 1. The number of aliphatic hydroxyl groups excluding tert-OH is 1. The van der Waals surface area contributed by atoms with E-state index in [0.29, 0.717) is 5.92 Å². The SMILES string of the molecule is CN1CC(CO)CC12CN(C(=O)c1ccc3ccccc3c1)C2. The Morgan fingerprint density at radius 2 is 1.96 bits per heavy atom. The van der Waals surface area contributed by atoms with Crippen molar-refractivity contribution >= 4 is 16.7 Å². The van der Waals surface area contributed by atoms with Crippen LogP contribution in [0.3, 0.4) is 0 Å². The van der Waals surface area contributed by atoms with Gasteiger partial charge in [-0.1, -0.05) is 30.3 Å². The molecule has 1 amide bonds. The van der Waals surface area contributed by atoms with E-state index in [2.05, 4.69) is 18.0 Å². The summed E-state index contributed by atoms with van der Waals surface area (Å²) in [4.78, 5) is 17.0. The van der Waals surface area contributed by atoms with Crippen LogP contribution in [0.4, 0.5) is 0 Å².